The Morgan fingerprint density at radius 3 is 1.84 bits per heavy atom. The predicted octanol–water partition coefficient (Wildman–Crippen LogP) is 1.77. The van der Waals surface area contributed by atoms with Crippen LogP contribution in [0.1, 0.15) is 59.3 Å². The van der Waals surface area contributed by atoms with Crippen molar-refractivity contribution < 1.29 is 20.1 Å². The molecule has 0 aliphatic carbocycles. The normalized spacial score (nSPS) is 13.3. The van der Waals surface area contributed by atoms with Crippen molar-refractivity contribution in [2.24, 2.45) is 0 Å². The van der Waals surface area contributed by atoms with Crippen molar-refractivity contribution in [1.29, 1.82) is 0 Å². The molecule has 2 atom stereocenters. The third-order valence-corrected chi connectivity index (χ3v) is 2.37. The van der Waals surface area contributed by atoms with E-state index in [0.29, 0.717) is 19.5 Å². The molecule has 0 saturated carbocycles. The number of unbranched alkanes of at least 4 members (excludes halogenated alkanes) is 4. The fourth-order valence-corrected chi connectivity index (χ4v) is 1.38. The topological polar surface area (TPSA) is 89.8 Å². The summed E-state index contributed by atoms with van der Waals surface area (Å²) in [6.07, 6.45) is 5.22. The van der Waals surface area contributed by atoms with Crippen LogP contribution < -0.4 is 5.32 Å². The van der Waals surface area contributed by atoms with Gasteiger partial charge < -0.3 is 20.6 Å². The number of hydrogen-bond donors (Lipinski definition) is 4. The van der Waals surface area contributed by atoms with Crippen LogP contribution in [-0.2, 0) is 4.79 Å². The van der Waals surface area contributed by atoms with E-state index < -0.39 is 5.97 Å². The Bertz CT molecular complexity index is 188. The van der Waals surface area contributed by atoms with Gasteiger partial charge in [0.15, 0.2) is 0 Å². The van der Waals surface area contributed by atoms with Crippen LogP contribution in [0.4, 0.5) is 0 Å². The number of carboxylic acids is 1. The molecule has 0 saturated heterocycles. The Balaban J connectivity index is 0. The third kappa shape index (κ3) is 26.8. The van der Waals surface area contributed by atoms with Gasteiger partial charge in [0.05, 0.1) is 12.2 Å². The molecule has 0 radical (unpaired) electrons. The Kier molecular flexibility index (Phi) is 16.8. The van der Waals surface area contributed by atoms with Gasteiger partial charge in [-0.1, -0.05) is 32.6 Å². The molecule has 116 valence electrons. The molecule has 0 aromatic carbocycles. The van der Waals surface area contributed by atoms with Crippen LogP contribution in [0.2, 0.25) is 0 Å². The van der Waals surface area contributed by atoms with E-state index in [1.807, 2.05) is 0 Å². The maximum atomic E-state index is 10.0. The minimum Gasteiger partial charge on any atom is -0.481 e. The molecule has 0 aromatic heterocycles. The summed E-state index contributed by atoms with van der Waals surface area (Å²) in [6, 6.07) is 0. The molecular weight excluding hydrogens is 246 g/mol. The van der Waals surface area contributed by atoms with Gasteiger partial charge in [0.1, 0.15) is 0 Å². The Hall–Kier alpha value is -0.650. The second-order valence-corrected chi connectivity index (χ2v) is 4.91. The molecule has 5 nitrogen and oxygen atoms in total. The van der Waals surface area contributed by atoms with Crippen molar-refractivity contribution in [2.45, 2.75) is 71.5 Å². The summed E-state index contributed by atoms with van der Waals surface area (Å²) < 4.78 is 0. The molecule has 0 aliphatic heterocycles. The standard InChI is InChI=1S/C8H16O2.C6H15NO2/c1-2-3-4-5-6-7-8(9)10;1-5(8)3-7-4-6(2)9/h2-7H2,1H3,(H,9,10);5-9H,3-4H2,1-2H3. The Morgan fingerprint density at radius 1 is 1.00 bits per heavy atom. The first-order chi connectivity index (χ1) is 8.90. The first kappa shape index (κ1) is 20.7. The van der Waals surface area contributed by atoms with Gasteiger partial charge in [-0.25, -0.2) is 0 Å². The summed E-state index contributed by atoms with van der Waals surface area (Å²) >= 11 is 0. The second kappa shape index (κ2) is 15.4. The molecule has 0 heterocycles. The summed E-state index contributed by atoms with van der Waals surface area (Å²) in [6.45, 7) is 6.65. The van der Waals surface area contributed by atoms with E-state index in [0.717, 1.165) is 12.8 Å². The number of aliphatic carboxylic acids is 1. The number of carboxylic acid groups (broad SMARTS) is 1. The first-order valence-corrected chi connectivity index (χ1v) is 7.18. The number of aliphatic hydroxyl groups is 2. The van der Waals surface area contributed by atoms with Gasteiger partial charge >= 0.3 is 5.97 Å². The van der Waals surface area contributed by atoms with Crippen LogP contribution >= 0.6 is 0 Å². The van der Waals surface area contributed by atoms with Crippen molar-refractivity contribution in [3.05, 3.63) is 0 Å². The van der Waals surface area contributed by atoms with Crippen molar-refractivity contribution in [2.75, 3.05) is 13.1 Å². The molecule has 2 unspecified atom stereocenters. The van der Waals surface area contributed by atoms with Gasteiger partial charge in [-0.2, -0.15) is 0 Å². The largest absolute Gasteiger partial charge is 0.481 e. The molecule has 0 aromatic rings. The highest BCUT2D eigenvalue weighted by molar-refractivity contribution is 5.66. The van der Waals surface area contributed by atoms with Crippen LogP contribution in [0.25, 0.3) is 0 Å². The van der Waals surface area contributed by atoms with Crippen molar-refractivity contribution in [3.8, 4) is 0 Å². The lowest BCUT2D eigenvalue weighted by molar-refractivity contribution is -0.137. The van der Waals surface area contributed by atoms with E-state index in [9.17, 15) is 4.79 Å². The van der Waals surface area contributed by atoms with E-state index in [1.54, 1.807) is 13.8 Å². The smallest absolute Gasteiger partial charge is 0.303 e. The number of carbonyl (C=O) groups is 1. The van der Waals surface area contributed by atoms with E-state index in [2.05, 4.69) is 12.2 Å². The van der Waals surface area contributed by atoms with Gasteiger partial charge in [0.25, 0.3) is 0 Å². The number of nitrogens with one attached hydrogen (secondary N) is 1. The Morgan fingerprint density at radius 2 is 1.47 bits per heavy atom. The van der Waals surface area contributed by atoms with E-state index in [-0.39, 0.29) is 12.2 Å². The zero-order valence-electron chi connectivity index (χ0n) is 12.6. The molecule has 5 heteroatoms. The highest BCUT2D eigenvalue weighted by Gasteiger charge is 1.96. The van der Waals surface area contributed by atoms with E-state index in [1.165, 1.54) is 19.3 Å². The summed E-state index contributed by atoms with van der Waals surface area (Å²) in [5.41, 5.74) is 0. The third-order valence-electron chi connectivity index (χ3n) is 2.37. The lowest BCUT2D eigenvalue weighted by Crippen LogP contribution is -2.30. The van der Waals surface area contributed by atoms with Crippen molar-refractivity contribution in [3.63, 3.8) is 0 Å². The summed E-state index contributed by atoms with van der Waals surface area (Å²) in [7, 11) is 0. The average molecular weight is 277 g/mol. The lowest BCUT2D eigenvalue weighted by atomic mass is 10.1. The summed E-state index contributed by atoms with van der Waals surface area (Å²) in [5, 5.41) is 28.6. The maximum Gasteiger partial charge on any atom is 0.303 e. The Labute approximate surface area is 117 Å². The first-order valence-electron chi connectivity index (χ1n) is 7.18. The zero-order valence-corrected chi connectivity index (χ0v) is 12.6. The van der Waals surface area contributed by atoms with Gasteiger partial charge in [0.2, 0.25) is 0 Å². The van der Waals surface area contributed by atoms with Crippen molar-refractivity contribution in [1.82, 2.24) is 5.32 Å². The average Bonchev–Trinajstić information content (AvgIpc) is 2.28. The molecule has 0 fully saturated rings. The molecule has 0 aliphatic rings. The second-order valence-electron chi connectivity index (χ2n) is 4.91. The maximum absolute atomic E-state index is 10.0. The number of aliphatic hydroxyl groups excluding tert-OH is 2. The monoisotopic (exact) mass is 277 g/mol. The van der Waals surface area contributed by atoms with E-state index in [4.69, 9.17) is 15.3 Å². The summed E-state index contributed by atoms with van der Waals surface area (Å²) in [5.74, 6) is -0.670. The van der Waals surface area contributed by atoms with Crippen LogP contribution in [-0.4, -0.2) is 46.6 Å². The fourth-order valence-electron chi connectivity index (χ4n) is 1.38. The molecule has 0 amide bonds. The molecule has 4 N–H and O–H groups in total. The lowest BCUT2D eigenvalue weighted by Gasteiger charge is -2.07. The van der Waals surface area contributed by atoms with E-state index >= 15 is 0 Å². The molecule has 0 rings (SSSR count). The molecule has 0 bridgehead atoms. The highest BCUT2D eigenvalue weighted by Crippen LogP contribution is 2.04. The van der Waals surface area contributed by atoms with Crippen molar-refractivity contribution >= 4 is 5.97 Å². The number of rotatable bonds is 10. The van der Waals surface area contributed by atoms with Crippen LogP contribution in [0.5, 0.6) is 0 Å². The van der Waals surface area contributed by atoms with Gasteiger partial charge in [-0.05, 0) is 20.3 Å². The minimum absolute atomic E-state index is 0.330. The van der Waals surface area contributed by atoms with Crippen LogP contribution in [0.3, 0.4) is 0 Å². The minimum atomic E-state index is -0.670. The molecular formula is C14H31NO4. The SMILES string of the molecule is CC(O)CNCC(C)O.CCCCCCCC(=O)O. The van der Waals surface area contributed by atoms with Gasteiger partial charge in [0, 0.05) is 19.5 Å². The summed E-state index contributed by atoms with van der Waals surface area (Å²) in [4.78, 5) is 10.0. The molecule has 0 spiro atoms. The highest BCUT2D eigenvalue weighted by atomic mass is 16.4. The van der Waals surface area contributed by atoms with Crippen LogP contribution in [0, 0.1) is 0 Å². The van der Waals surface area contributed by atoms with Crippen LogP contribution in [0.15, 0.2) is 0 Å². The molecule has 19 heavy (non-hydrogen) atoms. The quantitative estimate of drug-likeness (QED) is 0.457. The van der Waals surface area contributed by atoms with Gasteiger partial charge in [-0.3, -0.25) is 4.79 Å². The predicted molar refractivity (Wildman–Crippen MR) is 77.2 cm³/mol. The van der Waals surface area contributed by atoms with Gasteiger partial charge in [-0.15, -0.1) is 0 Å². The zero-order chi connectivity index (χ0) is 15.1. The number of hydrogen-bond acceptors (Lipinski definition) is 4. The fraction of sp³-hybridized carbons (Fsp3) is 0.929.